The SMILES string of the molecule is N#Cc1ccc(NC(=O)N2Cc3c(C(N)=O)c(-c4ccc(Cl)c(Cl)c4)nn3[C@H](CF)C2)cc1. The number of alkyl halides is 1. The number of fused-ring (bicyclic) bond motifs is 1. The number of benzene rings is 2. The van der Waals surface area contributed by atoms with E-state index in [9.17, 15) is 14.0 Å². The van der Waals surface area contributed by atoms with E-state index >= 15 is 0 Å². The normalized spacial score (nSPS) is 15.0. The van der Waals surface area contributed by atoms with E-state index in [0.717, 1.165) is 0 Å². The molecule has 0 fully saturated rings. The molecule has 0 saturated heterocycles. The van der Waals surface area contributed by atoms with Gasteiger partial charge in [0.25, 0.3) is 5.91 Å². The fourth-order valence-corrected chi connectivity index (χ4v) is 4.00. The zero-order valence-corrected chi connectivity index (χ0v) is 18.6. The Bertz CT molecular complexity index is 1290. The fraction of sp³-hybridized carbons (Fsp3) is 0.182. The van der Waals surface area contributed by atoms with Crippen LogP contribution in [0.5, 0.6) is 0 Å². The molecule has 11 heteroatoms. The van der Waals surface area contributed by atoms with Crippen LogP contribution in [0.3, 0.4) is 0 Å². The summed E-state index contributed by atoms with van der Waals surface area (Å²) in [4.78, 5) is 26.6. The Labute approximate surface area is 198 Å². The highest BCUT2D eigenvalue weighted by Crippen LogP contribution is 2.34. The van der Waals surface area contributed by atoms with Crippen molar-refractivity contribution in [2.24, 2.45) is 5.73 Å². The van der Waals surface area contributed by atoms with Crippen molar-refractivity contribution in [1.82, 2.24) is 14.7 Å². The van der Waals surface area contributed by atoms with Crippen molar-refractivity contribution in [3.05, 3.63) is 69.3 Å². The summed E-state index contributed by atoms with van der Waals surface area (Å²) in [7, 11) is 0. The first-order valence-corrected chi connectivity index (χ1v) is 10.6. The minimum absolute atomic E-state index is 0.00872. The Kier molecular flexibility index (Phi) is 6.22. The van der Waals surface area contributed by atoms with Crippen LogP contribution in [0.25, 0.3) is 11.3 Å². The zero-order chi connectivity index (χ0) is 23.7. The molecule has 4 rings (SSSR count). The number of urea groups is 1. The van der Waals surface area contributed by atoms with Crippen LogP contribution in [-0.2, 0) is 6.54 Å². The standard InChI is InChI=1S/C22H17Cl2FN6O2/c23-16-6-3-13(7-17(16)24)20-19(21(27)32)18-11-30(10-15(8-25)31(18)29-20)22(33)28-14-4-1-12(9-26)2-5-14/h1-7,15H,8,10-11H2,(H2,27,32)(H,28,33)/t15-/m1/s1. The van der Waals surface area contributed by atoms with Gasteiger partial charge in [0.1, 0.15) is 12.4 Å². The number of rotatable bonds is 4. The number of hydrogen-bond donors (Lipinski definition) is 2. The van der Waals surface area contributed by atoms with Crippen LogP contribution < -0.4 is 11.1 Å². The Morgan fingerprint density at radius 1 is 1.21 bits per heavy atom. The highest BCUT2D eigenvalue weighted by atomic mass is 35.5. The second-order valence-electron chi connectivity index (χ2n) is 7.42. The molecule has 1 atom stereocenters. The van der Waals surface area contributed by atoms with Crippen molar-refractivity contribution in [3.8, 4) is 17.3 Å². The highest BCUT2D eigenvalue weighted by Gasteiger charge is 2.34. The Hall–Kier alpha value is -3.61. The van der Waals surface area contributed by atoms with E-state index in [1.165, 1.54) is 9.58 Å². The number of halogens is 3. The van der Waals surface area contributed by atoms with Crippen LogP contribution in [0.1, 0.15) is 27.7 Å². The number of nitrogens with two attached hydrogens (primary N) is 1. The van der Waals surface area contributed by atoms with Crippen LogP contribution >= 0.6 is 23.2 Å². The maximum Gasteiger partial charge on any atom is 0.322 e. The molecule has 2 aromatic carbocycles. The molecule has 0 unspecified atom stereocenters. The first-order chi connectivity index (χ1) is 15.8. The third-order valence-electron chi connectivity index (χ3n) is 5.30. The van der Waals surface area contributed by atoms with Gasteiger partial charge in [-0.3, -0.25) is 9.48 Å². The molecule has 3 aromatic rings. The van der Waals surface area contributed by atoms with Crippen molar-refractivity contribution < 1.29 is 14.0 Å². The molecule has 1 aromatic heterocycles. The first kappa shape index (κ1) is 22.6. The van der Waals surface area contributed by atoms with Crippen molar-refractivity contribution in [2.45, 2.75) is 12.6 Å². The number of carbonyl (C=O) groups excluding carboxylic acids is 2. The molecule has 2 heterocycles. The molecular formula is C22H17Cl2FN6O2. The third kappa shape index (κ3) is 4.35. The van der Waals surface area contributed by atoms with E-state index in [1.54, 1.807) is 42.5 Å². The number of anilines is 1. The quantitative estimate of drug-likeness (QED) is 0.568. The summed E-state index contributed by atoms with van der Waals surface area (Å²) in [6.45, 7) is -0.786. The zero-order valence-electron chi connectivity index (χ0n) is 17.1. The van der Waals surface area contributed by atoms with Gasteiger partial charge in [-0.2, -0.15) is 10.4 Å². The summed E-state index contributed by atoms with van der Waals surface area (Å²) in [6, 6.07) is 11.8. The summed E-state index contributed by atoms with van der Waals surface area (Å²) in [5.74, 6) is -0.760. The monoisotopic (exact) mass is 486 g/mol. The molecule has 3 N–H and O–H groups in total. The summed E-state index contributed by atoms with van der Waals surface area (Å²) < 4.78 is 15.4. The lowest BCUT2D eigenvalue weighted by molar-refractivity contribution is 0.0995. The minimum atomic E-state index is -0.811. The van der Waals surface area contributed by atoms with Gasteiger partial charge in [-0.1, -0.05) is 29.3 Å². The van der Waals surface area contributed by atoms with Crippen molar-refractivity contribution in [3.63, 3.8) is 0 Å². The van der Waals surface area contributed by atoms with E-state index in [0.29, 0.717) is 27.5 Å². The predicted octanol–water partition coefficient (Wildman–Crippen LogP) is 4.39. The van der Waals surface area contributed by atoms with Gasteiger partial charge < -0.3 is 16.0 Å². The first-order valence-electron chi connectivity index (χ1n) is 9.81. The number of nitriles is 1. The van der Waals surface area contributed by atoms with Crippen LogP contribution in [0, 0.1) is 11.3 Å². The van der Waals surface area contributed by atoms with E-state index in [4.69, 9.17) is 34.2 Å². The average Bonchev–Trinajstić information content (AvgIpc) is 3.20. The third-order valence-corrected chi connectivity index (χ3v) is 6.04. The summed E-state index contributed by atoms with van der Waals surface area (Å²) in [5, 5.41) is 16.7. The molecule has 0 aliphatic carbocycles. The van der Waals surface area contributed by atoms with Crippen LogP contribution in [0.4, 0.5) is 14.9 Å². The lowest BCUT2D eigenvalue weighted by Crippen LogP contribution is -2.44. The fourth-order valence-electron chi connectivity index (χ4n) is 3.70. The molecule has 0 radical (unpaired) electrons. The molecule has 0 bridgehead atoms. The Balaban J connectivity index is 1.69. The minimum Gasteiger partial charge on any atom is -0.365 e. The second-order valence-corrected chi connectivity index (χ2v) is 8.23. The van der Waals surface area contributed by atoms with E-state index in [1.807, 2.05) is 6.07 Å². The molecule has 1 aliphatic heterocycles. The van der Waals surface area contributed by atoms with Gasteiger partial charge in [-0.25, -0.2) is 9.18 Å². The van der Waals surface area contributed by atoms with Gasteiger partial charge in [0.2, 0.25) is 0 Å². The molecule has 33 heavy (non-hydrogen) atoms. The molecule has 168 valence electrons. The van der Waals surface area contributed by atoms with Gasteiger partial charge in [0, 0.05) is 17.8 Å². The van der Waals surface area contributed by atoms with E-state index in [2.05, 4.69) is 10.4 Å². The van der Waals surface area contributed by atoms with E-state index in [-0.39, 0.29) is 29.4 Å². The number of nitrogens with one attached hydrogen (secondary N) is 1. The van der Waals surface area contributed by atoms with Gasteiger partial charge in [-0.05, 0) is 36.4 Å². The number of amides is 3. The number of hydrogen-bond acceptors (Lipinski definition) is 4. The van der Waals surface area contributed by atoms with E-state index < -0.39 is 24.7 Å². The van der Waals surface area contributed by atoms with Gasteiger partial charge in [0.15, 0.2) is 0 Å². The highest BCUT2D eigenvalue weighted by molar-refractivity contribution is 6.42. The maximum atomic E-state index is 14.0. The largest absolute Gasteiger partial charge is 0.365 e. The van der Waals surface area contributed by atoms with Crippen molar-refractivity contribution in [2.75, 3.05) is 18.5 Å². The topological polar surface area (TPSA) is 117 Å². The maximum absolute atomic E-state index is 14.0. The summed E-state index contributed by atoms with van der Waals surface area (Å²) >= 11 is 12.1. The predicted molar refractivity (Wildman–Crippen MR) is 122 cm³/mol. The van der Waals surface area contributed by atoms with Gasteiger partial charge in [0.05, 0.1) is 45.5 Å². The number of aromatic nitrogens is 2. The van der Waals surface area contributed by atoms with Crippen molar-refractivity contribution >= 4 is 40.8 Å². The molecular weight excluding hydrogens is 470 g/mol. The smallest absolute Gasteiger partial charge is 0.322 e. The lowest BCUT2D eigenvalue weighted by Gasteiger charge is -2.33. The lowest BCUT2D eigenvalue weighted by atomic mass is 10.0. The van der Waals surface area contributed by atoms with Crippen LogP contribution in [0.15, 0.2) is 42.5 Å². The van der Waals surface area contributed by atoms with Crippen LogP contribution in [0.2, 0.25) is 10.0 Å². The Morgan fingerprint density at radius 3 is 2.55 bits per heavy atom. The molecule has 1 aliphatic rings. The number of carbonyl (C=O) groups is 2. The average molecular weight is 487 g/mol. The summed E-state index contributed by atoms with van der Waals surface area (Å²) in [5.41, 5.74) is 7.73. The number of primary amides is 1. The van der Waals surface area contributed by atoms with Gasteiger partial charge in [-0.15, -0.1) is 0 Å². The van der Waals surface area contributed by atoms with Crippen molar-refractivity contribution in [1.29, 1.82) is 5.26 Å². The second kappa shape index (κ2) is 9.10. The molecule has 0 saturated carbocycles. The Morgan fingerprint density at radius 2 is 1.94 bits per heavy atom. The molecule has 0 spiro atoms. The van der Waals surface area contributed by atoms with Crippen LogP contribution in [-0.4, -0.2) is 39.8 Å². The summed E-state index contributed by atoms with van der Waals surface area (Å²) in [6.07, 6.45) is 0. The van der Waals surface area contributed by atoms with Gasteiger partial charge >= 0.3 is 6.03 Å². The number of nitrogens with zero attached hydrogens (tertiary/aromatic N) is 4. The molecule has 3 amide bonds. The molecule has 8 nitrogen and oxygen atoms in total.